The number of benzene rings is 2. The van der Waals surface area contributed by atoms with Gasteiger partial charge in [-0.2, -0.15) is 0 Å². The minimum absolute atomic E-state index is 0.875. The molecule has 0 atom stereocenters. The molecule has 0 aliphatic heterocycles. The Morgan fingerprint density at radius 3 is 1.33 bits per heavy atom. The normalized spacial score (nSPS) is 20.8. The summed E-state index contributed by atoms with van der Waals surface area (Å²) in [5.41, 5.74) is 0. The quantitative estimate of drug-likeness (QED) is 0.342. The third-order valence-corrected chi connectivity index (χ3v) is 9.29. The highest BCUT2D eigenvalue weighted by molar-refractivity contribution is 8.16. The summed E-state index contributed by atoms with van der Waals surface area (Å²) in [5, 5.41) is 4.13. The second kappa shape index (κ2) is 10.7. The van der Waals surface area contributed by atoms with E-state index in [1.165, 1.54) is 45.6 Å². The predicted octanol–water partition coefficient (Wildman–Crippen LogP) is 7.26. The average Bonchev–Trinajstić information content (AvgIpc) is 2.65. The van der Waals surface area contributed by atoms with E-state index < -0.39 is 0 Å². The molecule has 0 heterocycles. The maximum Gasteiger partial charge on any atom is 0.0442 e. The van der Waals surface area contributed by atoms with Crippen LogP contribution in [0, 0.1) is 0 Å². The van der Waals surface area contributed by atoms with Crippen LogP contribution in [0.2, 0.25) is 0 Å². The fourth-order valence-corrected chi connectivity index (χ4v) is 7.88. The van der Waals surface area contributed by atoms with E-state index in [0.29, 0.717) is 0 Å². The van der Waals surface area contributed by atoms with Gasteiger partial charge in [-0.15, -0.1) is 47.0 Å². The molecule has 0 radical (unpaired) electrons. The van der Waals surface area contributed by atoms with Crippen molar-refractivity contribution in [3.05, 3.63) is 60.7 Å². The van der Waals surface area contributed by atoms with Crippen LogP contribution in [0.4, 0.5) is 0 Å². The van der Waals surface area contributed by atoms with Crippen LogP contribution >= 0.6 is 47.0 Å². The van der Waals surface area contributed by atoms with Gasteiger partial charge in [-0.1, -0.05) is 36.4 Å². The van der Waals surface area contributed by atoms with Crippen molar-refractivity contribution >= 4 is 47.0 Å². The second-order valence-corrected chi connectivity index (χ2v) is 11.3. The van der Waals surface area contributed by atoms with Crippen molar-refractivity contribution in [2.45, 2.75) is 46.0 Å². The van der Waals surface area contributed by atoms with Crippen molar-refractivity contribution in [3.8, 4) is 0 Å². The second-order valence-electron chi connectivity index (χ2n) is 5.88. The lowest BCUT2D eigenvalue weighted by Gasteiger charge is -2.27. The molecule has 0 saturated heterocycles. The van der Waals surface area contributed by atoms with Gasteiger partial charge >= 0.3 is 0 Å². The monoisotopic (exact) mass is 392 g/mol. The molecule has 128 valence electrons. The van der Waals surface area contributed by atoms with E-state index in [-0.39, 0.29) is 0 Å². The van der Waals surface area contributed by atoms with Gasteiger partial charge in [0.25, 0.3) is 0 Å². The van der Waals surface area contributed by atoms with Crippen molar-refractivity contribution in [1.82, 2.24) is 0 Å². The Morgan fingerprint density at radius 1 is 0.583 bits per heavy atom. The Morgan fingerprint density at radius 2 is 0.958 bits per heavy atom. The zero-order valence-corrected chi connectivity index (χ0v) is 17.1. The van der Waals surface area contributed by atoms with Gasteiger partial charge in [0.1, 0.15) is 0 Å². The predicted molar refractivity (Wildman–Crippen MR) is 116 cm³/mol. The first kappa shape index (κ1) is 18.6. The Labute approximate surface area is 163 Å². The Hall–Kier alpha value is -0.160. The van der Waals surface area contributed by atoms with Crippen molar-refractivity contribution in [2.75, 3.05) is 10.2 Å². The lowest BCUT2D eigenvalue weighted by molar-refractivity contribution is 0.529. The van der Waals surface area contributed by atoms with Crippen molar-refractivity contribution < 1.29 is 0 Å². The highest BCUT2D eigenvalue weighted by Gasteiger charge is 2.21. The molecule has 0 N–H and O–H groups in total. The van der Waals surface area contributed by atoms with Crippen LogP contribution in [0.3, 0.4) is 0 Å². The van der Waals surface area contributed by atoms with Gasteiger partial charge in [0, 0.05) is 30.5 Å². The average molecular weight is 393 g/mol. The third kappa shape index (κ3) is 6.62. The summed E-state index contributed by atoms with van der Waals surface area (Å²) in [6.45, 7) is 0. The topological polar surface area (TPSA) is 0 Å². The fraction of sp³-hybridized carbons (Fsp3) is 0.400. The molecule has 2 aromatic carbocycles. The molecule has 2 aromatic rings. The van der Waals surface area contributed by atoms with Gasteiger partial charge in [0.2, 0.25) is 0 Å². The number of hydrogen-bond acceptors (Lipinski definition) is 4. The van der Waals surface area contributed by atoms with E-state index in [2.05, 4.69) is 84.2 Å². The lowest BCUT2D eigenvalue weighted by atomic mass is 10.00. The van der Waals surface area contributed by atoms with Crippen LogP contribution in [0.1, 0.15) is 25.7 Å². The van der Waals surface area contributed by atoms with Crippen LogP contribution in [0.25, 0.3) is 0 Å². The molecule has 4 heteroatoms. The molecule has 24 heavy (non-hydrogen) atoms. The summed E-state index contributed by atoms with van der Waals surface area (Å²) in [6.07, 6.45) is 5.59. The van der Waals surface area contributed by atoms with Gasteiger partial charge in [0.15, 0.2) is 0 Å². The van der Waals surface area contributed by atoms with E-state index in [1.54, 1.807) is 0 Å². The number of rotatable bonds is 8. The van der Waals surface area contributed by atoms with E-state index in [4.69, 9.17) is 0 Å². The summed E-state index contributed by atoms with van der Waals surface area (Å²) in [7, 11) is 0. The van der Waals surface area contributed by atoms with E-state index in [9.17, 15) is 0 Å². The molecule has 0 amide bonds. The molecule has 1 aliphatic rings. The fourth-order valence-electron chi connectivity index (χ4n) is 2.80. The van der Waals surface area contributed by atoms with Gasteiger partial charge in [-0.25, -0.2) is 0 Å². The van der Waals surface area contributed by atoms with Gasteiger partial charge < -0.3 is 0 Å². The highest BCUT2D eigenvalue weighted by atomic mass is 32.2. The van der Waals surface area contributed by atoms with Crippen molar-refractivity contribution in [1.29, 1.82) is 0 Å². The van der Waals surface area contributed by atoms with Crippen LogP contribution in [-0.2, 0) is 0 Å². The van der Waals surface area contributed by atoms with E-state index >= 15 is 0 Å². The molecule has 0 unspecified atom stereocenters. The Balaban J connectivity index is 1.27. The maximum absolute atomic E-state index is 2.21. The third-order valence-electron chi connectivity index (χ3n) is 4.17. The van der Waals surface area contributed by atoms with Gasteiger partial charge in [0.05, 0.1) is 0 Å². The minimum Gasteiger partial charge on any atom is -0.147 e. The lowest BCUT2D eigenvalue weighted by Crippen LogP contribution is -2.18. The molecule has 0 nitrogen and oxygen atoms in total. The van der Waals surface area contributed by atoms with Crippen LogP contribution in [0.15, 0.2) is 70.5 Å². The molecule has 0 spiro atoms. The summed E-state index contributed by atoms with van der Waals surface area (Å²) >= 11 is 8.29. The summed E-state index contributed by atoms with van der Waals surface area (Å²) in [4.78, 5) is 2.79. The number of hydrogen-bond donors (Lipinski definition) is 0. The first-order valence-electron chi connectivity index (χ1n) is 8.49. The first-order chi connectivity index (χ1) is 11.9. The first-order valence-corrected chi connectivity index (χ1v) is 12.6. The zero-order valence-electron chi connectivity index (χ0n) is 13.8. The zero-order chi connectivity index (χ0) is 16.5. The van der Waals surface area contributed by atoms with E-state index in [1.807, 2.05) is 23.5 Å². The molecular formula is C20H24S4. The van der Waals surface area contributed by atoms with Gasteiger partial charge in [-0.05, 0) is 49.9 Å². The Bertz CT molecular complexity index is 511. The molecule has 1 fully saturated rings. The highest BCUT2D eigenvalue weighted by Crippen LogP contribution is 2.38. The minimum atomic E-state index is 0.875. The largest absolute Gasteiger partial charge is 0.147 e. The molecule has 0 aromatic heterocycles. The number of thioether (sulfide) groups is 4. The SMILES string of the molecule is c1ccc(SCSC2CCC(SCSc3ccccc3)CC2)cc1. The van der Waals surface area contributed by atoms with E-state index in [0.717, 1.165) is 10.5 Å². The molecular weight excluding hydrogens is 368 g/mol. The smallest absolute Gasteiger partial charge is 0.0442 e. The van der Waals surface area contributed by atoms with Crippen LogP contribution in [-0.4, -0.2) is 20.7 Å². The van der Waals surface area contributed by atoms with Gasteiger partial charge in [-0.3, -0.25) is 0 Å². The molecule has 3 rings (SSSR count). The molecule has 1 saturated carbocycles. The molecule has 0 bridgehead atoms. The van der Waals surface area contributed by atoms with Crippen LogP contribution < -0.4 is 0 Å². The maximum atomic E-state index is 2.21. The van der Waals surface area contributed by atoms with Crippen LogP contribution in [0.5, 0.6) is 0 Å². The summed E-state index contributed by atoms with van der Waals surface area (Å²) in [5.74, 6) is 0. The standard InChI is InChI=1S/C20H24S4/c1-3-7-17(8-4-1)21-15-23-19-11-13-20(14-12-19)24-16-22-18-9-5-2-6-10-18/h1-10,19-20H,11-16H2. The summed E-state index contributed by atoms with van der Waals surface area (Å²) < 4.78 is 0. The van der Waals surface area contributed by atoms with Crippen molar-refractivity contribution in [3.63, 3.8) is 0 Å². The molecule has 1 aliphatic carbocycles. The summed E-state index contributed by atoms with van der Waals surface area (Å²) in [6, 6.07) is 21.5. The Kier molecular flexibility index (Phi) is 8.34. The van der Waals surface area contributed by atoms with Crippen molar-refractivity contribution in [2.24, 2.45) is 0 Å².